The van der Waals surface area contributed by atoms with E-state index in [1.54, 1.807) is 0 Å². The molecule has 0 saturated heterocycles. The quantitative estimate of drug-likeness (QED) is 0.473. The van der Waals surface area contributed by atoms with Gasteiger partial charge in [-0.25, -0.2) is 0 Å². The van der Waals surface area contributed by atoms with Gasteiger partial charge in [0.15, 0.2) is 0 Å². The molecule has 0 saturated carbocycles. The number of nitrogens with zero attached hydrogens (tertiary/aromatic N) is 1. The van der Waals surface area contributed by atoms with E-state index in [-0.39, 0.29) is 0 Å². The third-order valence-electron chi connectivity index (χ3n) is 2.06. The van der Waals surface area contributed by atoms with Crippen LogP contribution in [0, 0.1) is 20.8 Å². The van der Waals surface area contributed by atoms with Crippen molar-refractivity contribution < 1.29 is 0 Å². The topological polar surface area (TPSA) is 12.4 Å². The number of benzene rings is 1. The summed E-state index contributed by atoms with van der Waals surface area (Å²) < 4.78 is 0. The fourth-order valence-corrected chi connectivity index (χ4v) is 1.25. The second-order valence-electron chi connectivity index (χ2n) is 2.88. The van der Waals surface area contributed by atoms with Crippen LogP contribution in [0.1, 0.15) is 16.7 Å². The minimum absolute atomic E-state index is 0.963. The maximum Gasteiger partial charge on any atom is 0.0800 e. The summed E-state index contributed by atoms with van der Waals surface area (Å²) in [4.78, 5) is 4.03. The first-order valence-corrected chi connectivity index (χ1v) is 4.22. The van der Waals surface area contributed by atoms with E-state index in [1.807, 2.05) is 19.9 Å². The highest BCUT2D eigenvalue weighted by molar-refractivity contribution is 7.78. The van der Waals surface area contributed by atoms with Gasteiger partial charge >= 0.3 is 0 Å². The van der Waals surface area contributed by atoms with Crippen molar-refractivity contribution in [1.82, 2.24) is 0 Å². The highest BCUT2D eigenvalue weighted by Gasteiger charge is 2.01. The molecule has 0 aliphatic heterocycles. The van der Waals surface area contributed by atoms with Crippen molar-refractivity contribution in [3.63, 3.8) is 0 Å². The molecule has 0 N–H and O–H groups in total. The Morgan fingerprint density at radius 3 is 2.33 bits per heavy atom. The Balaban J connectivity index is 3.42. The maximum absolute atomic E-state index is 4.58. The SMILES string of the molecule is Cc1ccc(C)c(N=C=S)c1C. The van der Waals surface area contributed by atoms with Crippen molar-refractivity contribution in [2.24, 2.45) is 4.99 Å². The Hall–Kier alpha value is -0.980. The normalized spacial score (nSPS) is 9.25. The van der Waals surface area contributed by atoms with Crippen LogP contribution in [0.5, 0.6) is 0 Å². The molecule has 0 spiro atoms. The fraction of sp³-hybridized carbons (Fsp3) is 0.300. The molecular weight excluding hydrogens is 166 g/mol. The molecular formula is C10H11NS. The van der Waals surface area contributed by atoms with Gasteiger partial charge in [-0.1, -0.05) is 12.1 Å². The molecule has 0 amide bonds. The molecule has 0 unspecified atom stereocenters. The number of thiocarbonyl (C=S) groups is 1. The van der Waals surface area contributed by atoms with Gasteiger partial charge in [0.25, 0.3) is 0 Å². The molecule has 1 rings (SSSR count). The number of aryl methyl sites for hydroxylation is 2. The molecule has 0 aliphatic carbocycles. The highest BCUT2D eigenvalue weighted by Crippen LogP contribution is 2.25. The number of hydrogen-bond donors (Lipinski definition) is 0. The Labute approximate surface area is 78.1 Å². The van der Waals surface area contributed by atoms with Gasteiger partial charge in [-0.3, -0.25) is 0 Å². The lowest BCUT2D eigenvalue weighted by molar-refractivity contribution is 1.27. The molecule has 0 radical (unpaired) electrons. The van der Waals surface area contributed by atoms with E-state index in [1.165, 1.54) is 11.1 Å². The summed E-state index contributed by atoms with van der Waals surface area (Å²) in [5.41, 5.74) is 4.54. The summed E-state index contributed by atoms with van der Waals surface area (Å²) in [6.45, 7) is 6.14. The van der Waals surface area contributed by atoms with Crippen molar-refractivity contribution in [3.05, 3.63) is 28.8 Å². The van der Waals surface area contributed by atoms with E-state index in [4.69, 9.17) is 0 Å². The summed E-state index contributed by atoms with van der Waals surface area (Å²) >= 11 is 4.58. The lowest BCUT2D eigenvalue weighted by Crippen LogP contribution is -1.84. The standard InChI is InChI=1S/C10H11NS/c1-7-4-5-8(2)10(9(7)3)11-6-12/h4-5H,1-3H3. The van der Waals surface area contributed by atoms with E-state index in [0.29, 0.717) is 0 Å². The van der Waals surface area contributed by atoms with Gasteiger partial charge in [-0.05, 0) is 49.7 Å². The van der Waals surface area contributed by atoms with E-state index < -0.39 is 0 Å². The minimum Gasteiger partial charge on any atom is -0.194 e. The smallest absolute Gasteiger partial charge is 0.0800 e. The molecule has 0 aliphatic rings. The van der Waals surface area contributed by atoms with E-state index in [9.17, 15) is 0 Å². The molecule has 1 nitrogen and oxygen atoms in total. The van der Waals surface area contributed by atoms with Crippen LogP contribution in [-0.2, 0) is 0 Å². The summed E-state index contributed by atoms with van der Waals surface area (Å²) in [5.74, 6) is 0. The first-order valence-electron chi connectivity index (χ1n) is 3.81. The van der Waals surface area contributed by atoms with Gasteiger partial charge in [0.2, 0.25) is 0 Å². The van der Waals surface area contributed by atoms with Crippen LogP contribution >= 0.6 is 12.2 Å². The zero-order valence-corrected chi connectivity index (χ0v) is 8.33. The highest BCUT2D eigenvalue weighted by atomic mass is 32.1. The van der Waals surface area contributed by atoms with Crippen LogP contribution in [0.25, 0.3) is 0 Å². The molecule has 0 bridgehead atoms. The lowest BCUT2D eigenvalue weighted by atomic mass is 10.0. The molecule has 1 aromatic rings. The average molecular weight is 177 g/mol. The average Bonchev–Trinajstić information content (AvgIpc) is 2.06. The maximum atomic E-state index is 4.58. The summed E-state index contributed by atoms with van der Waals surface area (Å²) in [5, 5.41) is 2.40. The number of isothiocyanates is 1. The first-order chi connectivity index (χ1) is 5.66. The predicted molar refractivity (Wildman–Crippen MR) is 55.3 cm³/mol. The van der Waals surface area contributed by atoms with Crippen LogP contribution in [-0.4, -0.2) is 5.16 Å². The summed E-state index contributed by atoms with van der Waals surface area (Å²) in [6.07, 6.45) is 0. The van der Waals surface area contributed by atoms with Crippen LogP contribution < -0.4 is 0 Å². The van der Waals surface area contributed by atoms with Gasteiger partial charge in [0.1, 0.15) is 0 Å². The third kappa shape index (κ3) is 1.60. The van der Waals surface area contributed by atoms with Crippen LogP contribution in [0.15, 0.2) is 17.1 Å². The molecule has 0 aromatic heterocycles. The van der Waals surface area contributed by atoms with Crippen LogP contribution in [0.2, 0.25) is 0 Å². The van der Waals surface area contributed by atoms with Crippen molar-refractivity contribution in [1.29, 1.82) is 0 Å². The van der Waals surface area contributed by atoms with Gasteiger partial charge in [-0.2, -0.15) is 4.99 Å². The zero-order chi connectivity index (χ0) is 9.14. The molecule has 0 atom stereocenters. The zero-order valence-electron chi connectivity index (χ0n) is 7.51. The largest absolute Gasteiger partial charge is 0.194 e. The fourth-order valence-electron chi connectivity index (χ4n) is 1.15. The van der Waals surface area contributed by atoms with Gasteiger partial charge in [0.05, 0.1) is 10.8 Å². The van der Waals surface area contributed by atoms with E-state index in [0.717, 1.165) is 11.3 Å². The second-order valence-corrected chi connectivity index (χ2v) is 3.06. The van der Waals surface area contributed by atoms with Crippen LogP contribution in [0.4, 0.5) is 5.69 Å². The molecule has 0 heterocycles. The lowest BCUT2D eigenvalue weighted by Gasteiger charge is -2.05. The number of rotatable bonds is 1. The molecule has 0 fully saturated rings. The predicted octanol–water partition coefficient (Wildman–Crippen LogP) is 3.35. The summed E-state index contributed by atoms with van der Waals surface area (Å²) in [7, 11) is 0. The van der Waals surface area contributed by atoms with E-state index in [2.05, 4.69) is 35.4 Å². The Morgan fingerprint density at radius 1 is 1.17 bits per heavy atom. The Bertz CT molecular complexity index is 349. The van der Waals surface area contributed by atoms with Gasteiger partial charge < -0.3 is 0 Å². The molecule has 62 valence electrons. The summed E-state index contributed by atoms with van der Waals surface area (Å²) in [6, 6.07) is 4.14. The Kier molecular flexibility index (Phi) is 2.74. The first kappa shape index (κ1) is 9.11. The van der Waals surface area contributed by atoms with Crippen molar-refractivity contribution >= 4 is 23.1 Å². The molecule has 1 aromatic carbocycles. The number of hydrogen-bond acceptors (Lipinski definition) is 2. The van der Waals surface area contributed by atoms with Crippen LogP contribution in [0.3, 0.4) is 0 Å². The van der Waals surface area contributed by atoms with E-state index >= 15 is 0 Å². The van der Waals surface area contributed by atoms with Gasteiger partial charge in [-0.15, -0.1) is 0 Å². The van der Waals surface area contributed by atoms with Crippen molar-refractivity contribution in [2.45, 2.75) is 20.8 Å². The molecule has 2 heteroatoms. The van der Waals surface area contributed by atoms with Crippen molar-refractivity contribution in [3.8, 4) is 0 Å². The number of aliphatic imine (C=N–C) groups is 1. The monoisotopic (exact) mass is 177 g/mol. The molecule has 12 heavy (non-hydrogen) atoms. The van der Waals surface area contributed by atoms with Gasteiger partial charge in [0, 0.05) is 0 Å². The Morgan fingerprint density at radius 2 is 1.75 bits per heavy atom. The van der Waals surface area contributed by atoms with Crippen molar-refractivity contribution in [2.75, 3.05) is 0 Å². The second kappa shape index (κ2) is 3.61. The minimum atomic E-state index is 0.963. The third-order valence-corrected chi connectivity index (χ3v) is 2.15.